The first-order valence-electron chi connectivity index (χ1n) is 7.95. The number of amides is 2. The van der Waals surface area contributed by atoms with E-state index in [-0.39, 0.29) is 17.5 Å². The van der Waals surface area contributed by atoms with E-state index in [1.807, 2.05) is 6.07 Å². The number of esters is 1. The van der Waals surface area contributed by atoms with Gasteiger partial charge in [-0.2, -0.15) is 0 Å². The minimum Gasteiger partial charge on any atom is -0.467 e. The summed E-state index contributed by atoms with van der Waals surface area (Å²) in [6.45, 7) is 0. The van der Waals surface area contributed by atoms with Crippen molar-refractivity contribution in [2.24, 2.45) is 0 Å². The number of hydrogen-bond donors (Lipinski definition) is 0. The monoisotopic (exact) mass is 350 g/mol. The SMILES string of the molecule is COC(=O)[C@H](Cc1nnc2ccccn12)N1C(=O)c2ccccc2C1=O. The van der Waals surface area contributed by atoms with Gasteiger partial charge in [0.2, 0.25) is 0 Å². The summed E-state index contributed by atoms with van der Waals surface area (Å²) in [5, 5.41) is 8.11. The van der Waals surface area contributed by atoms with Gasteiger partial charge in [0.1, 0.15) is 11.9 Å². The van der Waals surface area contributed by atoms with Crippen LogP contribution in [0, 0.1) is 0 Å². The molecule has 8 nitrogen and oxygen atoms in total. The second kappa shape index (κ2) is 6.07. The van der Waals surface area contributed by atoms with Gasteiger partial charge in [0.25, 0.3) is 11.8 Å². The van der Waals surface area contributed by atoms with Crippen molar-refractivity contribution in [3.05, 3.63) is 65.6 Å². The zero-order chi connectivity index (χ0) is 18.3. The van der Waals surface area contributed by atoms with Crippen molar-refractivity contribution in [2.75, 3.05) is 7.11 Å². The lowest BCUT2D eigenvalue weighted by Gasteiger charge is -2.23. The van der Waals surface area contributed by atoms with Gasteiger partial charge in [-0.1, -0.05) is 18.2 Å². The minimum atomic E-state index is -1.12. The first-order valence-corrected chi connectivity index (χ1v) is 7.95. The zero-order valence-electron chi connectivity index (χ0n) is 13.8. The molecule has 1 aliphatic rings. The van der Waals surface area contributed by atoms with Crippen molar-refractivity contribution in [3.8, 4) is 0 Å². The first-order chi connectivity index (χ1) is 12.6. The standard InChI is InChI=1S/C18H14N4O4/c1-26-18(25)13(10-15-20-19-14-8-4-5-9-21(14)15)22-16(23)11-6-2-3-7-12(11)17(22)24/h2-9,13H,10H2,1H3/t13-/m0/s1. The number of methoxy groups -OCH3 is 1. The molecule has 130 valence electrons. The first kappa shape index (κ1) is 15.9. The number of hydrogen-bond acceptors (Lipinski definition) is 6. The van der Waals surface area contributed by atoms with Gasteiger partial charge in [0.15, 0.2) is 5.65 Å². The van der Waals surface area contributed by atoms with Crippen LogP contribution in [0.15, 0.2) is 48.7 Å². The second-order valence-corrected chi connectivity index (χ2v) is 5.81. The predicted molar refractivity (Wildman–Crippen MR) is 89.4 cm³/mol. The number of nitrogens with zero attached hydrogens (tertiary/aromatic N) is 4. The van der Waals surface area contributed by atoms with Gasteiger partial charge >= 0.3 is 5.97 Å². The van der Waals surface area contributed by atoms with Crippen molar-refractivity contribution in [3.63, 3.8) is 0 Å². The smallest absolute Gasteiger partial charge is 0.329 e. The maximum atomic E-state index is 12.7. The Bertz CT molecular complexity index is 1010. The summed E-state index contributed by atoms with van der Waals surface area (Å²) < 4.78 is 6.54. The van der Waals surface area contributed by atoms with Crippen LogP contribution < -0.4 is 0 Å². The quantitative estimate of drug-likeness (QED) is 0.517. The van der Waals surface area contributed by atoms with Gasteiger partial charge in [-0.05, 0) is 24.3 Å². The molecule has 0 saturated carbocycles. The number of rotatable bonds is 4. The minimum absolute atomic E-state index is 0.00330. The highest BCUT2D eigenvalue weighted by Crippen LogP contribution is 2.26. The lowest BCUT2D eigenvalue weighted by Crippen LogP contribution is -2.47. The third kappa shape index (κ3) is 2.34. The Balaban J connectivity index is 1.74. The lowest BCUT2D eigenvalue weighted by molar-refractivity contribution is -0.145. The van der Waals surface area contributed by atoms with Gasteiger partial charge in [0, 0.05) is 12.6 Å². The molecule has 3 heterocycles. The van der Waals surface area contributed by atoms with Crippen LogP contribution in [0.2, 0.25) is 0 Å². The molecular formula is C18H14N4O4. The fourth-order valence-electron chi connectivity index (χ4n) is 3.11. The number of carbonyl (C=O) groups is 3. The van der Waals surface area contributed by atoms with Crippen molar-refractivity contribution in [1.29, 1.82) is 0 Å². The molecule has 1 atom stereocenters. The van der Waals surface area contributed by atoms with E-state index in [1.54, 1.807) is 47.0 Å². The molecule has 26 heavy (non-hydrogen) atoms. The molecule has 0 saturated heterocycles. The molecule has 2 amide bonds. The number of pyridine rings is 1. The third-order valence-electron chi connectivity index (χ3n) is 4.37. The average Bonchev–Trinajstić information content (AvgIpc) is 3.19. The van der Waals surface area contributed by atoms with Crippen LogP contribution in [0.4, 0.5) is 0 Å². The molecule has 2 aromatic heterocycles. The summed E-state index contributed by atoms with van der Waals surface area (Å²) in [5.74, 6) is -1.27. The fraction of sp³-hybridized carbons (Fsp3) is 0.167. The molecule has 0 aliphatic carbocycles. The molecule has 8 heteroatoms. The Kier molecular flexibility index (Phi) is 3.72. The van der Waals surface area contributed by atoms with E-state index in [1.165, 1.54) is 7.11 Å². The highest BCUT2D eigenvalue weighted by molar-refractivity contribution is 6.22. The van der Waals surface area contributed by atoms with Crippen LogP contribution in [0.3, 0.4) is 0 Å². The molecule has 1 aromatic carbocycles. The fourth-order valence-corrected chi connectivity index (χ4v) is 3.11. The molecule has 0 radical (unpaired) electrons. The van der Waals surface area contributed by atoms with Crippen LogP contribution in [0.25, 0.3) is 5.65 Å². The topological polar surface area (TPSA) is 93.9 Å². The Morgan fingerprint density at radius 2 is 1.69 bits per heavy atom. The second-order valence-electron chi connectivity index (χ2n) is 5.81. The average molecular weight is 350 g/mol. The Labute approximate surface area is 148 Å². The maximum absolute atomic E-state index is 12.7. The highest BCUT2D eigenvalue weighted by Gasteiger charge is 2.43. The van der Waals surface area contributed by atoms with Crippen LogP contribution in [-0.2, 0) is 16.0 Å². The highest BCUT2D eigenvalue weighted by atomic mass is 16.5. The van der Waals surface area contributed by atoms with Crippen molar-refractivity contribution < 1.29 is 19.1 Å². The predicted octanol–water partition coefficient (Wildman–Crippen LogP) is 1.11. The molecular weight excluding hydrogens is 336 g/mol. The molecule has 3 aromatic rings. The van der Waals surface area contributed by atoms with Crippen LogP contribution >= 0.6 is 0 Å². The largest absolute Gasteiger partial charge is 0.467 e. The summed E-state index contributed by atoms with van der Waals surface area (Å²) in [6.07, 6.45) is 1.75. The third-order valence-corrected chi connectivity index (χ3v) is 4.37. The van der Waals surface area contributed by atoms with Gasteiger partial charge in [-0.25, -0.2) is 4.79 Å². The molecule has 0 N–H and O–H groups in total. The molecule has 0 bridgehead atoms. The molecule has 0 fully saturated rings. The van der Waals surface area contributed by atoms with Crippen LogP contribution in [-0.4, -0.2) is 50.4 Å². The number of carbonyl (C=O) groups excluding carboxylic acids is 3. The van der Waals surface area contributed by atoms with E-state index in [4.69, 9.17) is 4.74 Å². The maximum Gasteiger partial charge on any atom is 0.329 e. The van der Waals surface area contributed by atoms with E-state index in [0.717, 1.165) is 4.90 Å². The van der Waals surface area contributed by atoms with Gasteiger partial charge in [0.05, 0.1) is 18.2 Å². The Morgan fingerprint density at radius 1 is 1.04 bits per heavy atom. The van der Waals surface area contributed by atoms with E-state index >= 15 is 0 Å². The number of benzene rings is 1. The van der Waals surface area contributed by atoms with E-state index in [0.29, 0.717) is 11.5 Å². The molecule has 1 aliphatic heterocycles. The molecule has 0 spiro atoms. The lowest BCUT2D eigenvalue weighted by atomic mass is 10.1. The summed E-state index contributed by atoms with van der Waals surface area (Å²) in [5.41, 5.74) is 1.16. The molecule has 0 unspecified atom stereocenters. The van der Waals surface area contributed by atoms with Crippen LogP contribution in [0.5, 0.6) is 0 Å². The van der Waals surface area contributed by atoms with Crippen LogP contribution in [0.1, 0.15) is 26.5 Å². The normalized spacial score (nSPS) is 14.6. The number of ether oxygens (including phenoxy) is 1. The van der Waals surface area contributed by atoms with E-state index < -0.39 is 23.8 Å². The Morgan fingerprint density at radius 3 is 2.35 bits per heavy atom. The van der Waals surface area contributed by atoms with Crippen molar-refractivity contribution in [1.82, 2.24) is 19.5 Å². The summed E-state index contributed by atoms with van der Waals surface area (Å²) in [6, 6.07) is 10.7. The van der Waals surface area contributed by atoms with Gasteiger partial charge in [-0.3, -0.25) is 18.9 Å². The zero-order valence-corrected chi connectivity index (χ0v) is 13.8. The number of fused-ring (bicyclic) bond motifs is 2. The molecule has 4 rings (SSSR count). The number of imide groups is 1. The summed E-state index contributed by atoms with van der Waals surface area (Å²) in [4.78, 5) is 38.8. The van der Waals surface area contributed by atoms with Crippen molar-refractivity contribution >= 4 is 23.4 Å². The van der Waals surface area contributed by atoms with Crippen molar-refractivity contribution in [2.45, 2.75) is 12.5 Å². The van der Waals surface area contributed by atoms with Gasteiger partial charge in [-0.15, -0.1) is 10.2 Å². The number of aromatic nitrogens is 3. The van der Waals surface area contributed by atoms with Gasteiger partial charge < -0.3 is 4.74 Å². The summed E-state index contributed by atoms with van der Waals surface area (Å²) >= 11 is 0. The van der Waals surface area contributed by atoms with E-state index in [9.17, 15) is 14.4 Å². The van der Waals surface area contributed by atoms with E-state index in [2.05, 4.69) is 10.2 Å². The summed E-state index contributed by atoms with van der Waals surface area (Å²) in [7, 11) is 1.22. The Hall–Kier alpha value is -3.55.